The summed E-state index contributed by atoms with van der Waals surface area (Å²) in [5.74, 6) is 0.661. The Hall–Kier alpha value is -0.760. The maximum Gasteiger partial charge on any atom is 0.0950 e. The summed E-state index contributed by atoms with van der Waals surface area (Å²) in [7, 11) is 0. The molecule has 1 aromatic rings. The van der Waals surface area contributed by atoms with Gasteiger partial charge in [-0.05, 0) is 25.8 Å². The topological polar surface area (TPSA) is 25.2 Å². The molecule has 2 heteroatoms. The number of hydrogen-bond acceptors (Lipinski definition) is 2. The van der Waals surface area contributed by atoms with Crippen molar-refractivity contribution in [3.63, 3.8) is 0 Å². The van der Waals surface area contributed by atoms with Gasteiger partial charge in [0.15, 0.2) is 0 Å². The number of rotatable bonds is 4. The molecule has 2 atom stereocenters. The highest BCUT2D eigenvalue weighted by Crippen LogP contribution is 2.14. The van der Waals surface area contributed by atoms with Gasteiger partial charge in [-0.15, -0.1) is 0 Å². The first kappa shape index (κ1) is 10.3. The minimum absolute atomic E-state index is 0.371. The van der Waals surface area contributed by atoms with Gasteiger partial charge in [0.25, 0.3) is 0 Å². The minimum atomic E-state index is 0.371. The van der Waals surface area contributed by atoms with Crippen LogP contribution in [0.25, 0.3) is 0 Å². The minimum Gasteiger partial charge on any atom is -0.472 e. The highest BCUT2D eigenvalue weighted by Gasteiger charge is 2.12. The van der Waals surface area contributed by atoms with Crippen LogP contribution in [0.3, 0.4) is 0 Å². The van der Waals surface area contributed by atoms with E-state index >= 15 is 0 Å². The highest BCUT2D eigenvalue weighted by molar-refractivity contribution is 5.10. The molecule has 2 nitrogen and oxygen atoms in total. The average molecular weight is 181 g/mol. The third-order valence-electron chi connectivity index (χ3n) is 2.56. The molecule has 1 rings (SSSR count). The lowest BCUT2D eigenvalue weighted by Gasteiger charge is -2.21. The van der Waals surface area contributed by atoms with Crippen LogP contribution >= 0.6 is 0 Å². The summed E-state index contributed by atoms with van der Waals surface area (Å²) < 4.78 is 5.04. The standard InChI is InChI=1S/C11H19NO/c1-8(2)9(3)12-10(4)11-5-6-13-7-11/h5-10,12H,1-4H3. The van der Waals surface area contributed by atoms with Crippen molar-refractivity contribution in [3.8, 4) is 0 Å². The molecule has 0 aliphatic carbocycles. The summed E-state index contributed by atoms with van der Waals surface area (Å²) in [6.45, 7) is 8.81. The van der Waals surface area contributed by atoms with Crippen LogP contribution in [0.1, 0.15) is 39.3 Å². The van der Waals surface area contributed by atoms with Gasteiger partial charge < -0.3 is 9.73 Å². The van der Waals surface area contributed by atoms with Gasteiger partial charge in [0.05, 0.1) is 12.5 Å². The number of hydrogen-bond donors (Lipinski definition) is 1. The van der Waals surface area contributed by atoms with Crippen molar-refractivity contribution in [2.24, 2.45) is 5.92 Å². The van der Waals surface area contributed by atoms with E-state index in [2.05, 4.69) is 33.0 Å². The largest absolute Gasteiger partial charge is 0.472 e. The van der Waals surface area contributed by atoms with Crippen LogP contribution < -0.4 is 5.32 Å². The quantitative estimate of drug-likeness (QED) is 0.772. The van der Waals surface area contributed by atoms with Gasteiger partial charge in [-0.25, -0.2) is 0 Å². The van der Waals surface area contributed by atoms with Crippen LogP contribution in [0, 0.1) is 5.92 Å². The van der Waals surface area contributed by atoms with E-state index < -0.39 is 0 Å². The number of nitrogens with one attached hydrogen (secondary N) is 1. The first-order valence-electron chi connectivity index (χ1n) is 4.89. The van der Waals surface area contributed by atoms with E-state index in [1.165, 1.54) is 5.56 Å². The smallest absolute Gasteiger partial charge is 0.0950 e. The van der Waals surface area contributed by atoms with E-state index in [1.54, 1.807) is 12.5 Å². The van der Waals surface area contributed by atoms with E-state index in [0.717, 1.165) is 0 Å². The predicted molar refractivity (Wildman–Crippen MR) is 54.6 cm³/mol. The molecule has 0 amide bonds. The second kappa shape index (κ2) is 4.47. The van der Waals surface area contributed by atoms with Crippen molar-refractivity contribution >= 4 is 0 Å². The zero-order valence-electron chi connectivity index (χ0n) is 8.87. The van der Waals surface area contributed by atoms with Crippen molar-refractivity contribution in [3.05, 3.63) is 24.2 Å². The molecule has 0 spiro atoms. The zero-order valence-corrected chi connectivity index (χ0v) is 8.87. The zero-order chi connectivity index (χ0) is 9.84. The molecule has 1 aromatic heterocycles. The lowest BCUT2D eigenvalue weighted by molar-refractivity contribution is 0.387. The van der Waals surface area contributed by atoms with E-state index in [0.29, 0.717) is 18.0 Å². The van der Waals surface area contributed by atoms with Crippen LogP contribution in [0.5, 0.6) is 0 Å². The van der Waals surface area contributed by atoms with Gasteiger partial charge in [0, 0.05) is 17.6 Å². The Morgan fingerprint density at radius 2 is 1.92 bits per heavy atom. The summed E-state index contributed by atoms with van der Waals surface area (Å²) in [4.78, 5) is 0. The summed E-state index contributed by atoms with van der Waals surface area (Å²) in [6, 6.07) is 2.91. The SMILES string of the molecule is CC(NC(C)C(C)C)c1ccoc1. The summed E-state index contributed by atoms with van der Waals surface area (Å²) in [5, 5.41) is 3.52. The third kappa shape index (κ3) is 2.88. The van der Waals surface area contributed by atoms with Crippen LogP contribution in [0.2, 0.25) is 0 Å². The van der Waals surface area contributed by atoms with E-state index in [-0.39, 0.29) is 0 Å². The summed E-state index contributed by atoms with van der Waals surface area (Å²) >= 11 is 0. The van der Waals surface area contributed by atoms with Gasteiger partial charge in [0.2, 0.25) is 0 Å². The molecule has 13 heavy (non-hydrogen) atoms. The van der Waals surface area contributed by atoms with Crippen LogP contribution in [-0.4, -0.2) is 6.04 Å². The Morgan fingerprint density at radius 3 is 2.38 bits per heavy atom. The van der Waals surface area contributed by atoms with Crippen molar-refractivity contribution in [1.82, 2.24) is 5.32 Å². The maximum absolute atomic E-state index is 5.04. The number of furan rings is 1. The maximum atomic E-state index is 5.04. The van der Waals surface area contributed by atoms with E-state index in [4.69, 9.17) is 4.42 Å². The van der Waals surface area contributed by atoms with Gasteiger partial charge in [-0.1, -0.05) is 13.8 Å². The van der Waals surface area contributed by atoms with E-state index in [1.807, 2.05) is 6.07 Å². The Balaban J connectivity index is 2.46. The Bertz CT molecular complexity index is 228. The van der Waals surface area contributed by atoms with Crippen LogP contribution in [0.15, 0.2) is 23.0 Å². The molecule has 1 N–H and O–H groups in total. The second-order valence-electron chi connectivity index (χ2n) is 3.98. The third-order valence-corrected chi connectivity index (χ3v) is 2.56. The summed E-state index contributed by atoms with van der Waals surface area (Å²) in [6.07, 6.45) is 3.51. The van der Waals surface area contributed by atoms with E-state index in [9.17, 15) is 0 Å². The molecule has 0 saturated carbocycles. The fraction of sp³-hybridized carbons (Fsp3) is 0.636. The first-order valence-corrected chi connectivity index (χ1v) is 4.89. The Labute approximate surface area is 80.3 Å². The second-order valence-corrected chi connectivity index (χ2v) is 3.98. The lowest BCUT2D eigenvalue weighted by Crippen LogP contribution is -2.32. The molecule has 0 bridgehead atoms. The Morgan fingerprint density at radius 1 is 1.23 bits per heavy atom. The lowest BCUT2D eigenvalue weighted by atomic mass is 10.0. The van der Waals surface area contributed by atoms with Gasteiger partial charge in [-0.2, -0.15) is 0 Å². The van der Waals surface area contributed by atoms with Crippen LogP contribution in [0.4, 0.5) is 0 Å². The molecular formula is C11H19NO. The molecular weight excluding hydrogens is 162 g/mol. The molecule has 1 heterocycles. The van der Waals surface area contributed by atoms with Crippen LogP contribution in [-0.2, 0) is 0 Å². The monoisotopic (exact) mass is 181 g/mol. The normalized spacial score (nSPS) is 16.1. The van der Waals surface area contributed by atoms with Gasteiger partial charge in [0.1, 0.15) is 0 Å². The fourth-order valence-electron chi connectivity index (χ4n) is 1.20. The molecule has 0 saturated heterocycles. The molecule has 2 unspecified atom stereocenters. The predicted octanol–water partition coefficient (Wildman–Crippen LogP) is 2.97. The first-order chi connectivity index (χ1) is 6.11. The summed E-state index contributed by atoms with van der Waals surface area (Å²) in [5.41, 5.74) is 1.22. The Kier molecular flexibility index (Phi) is 3.55. The van der Waals surface area contributed by atoms with Gasteiger partial charge >= 0.3 is 0 Å². The fourth-order valence-corrected chi connectivity index (χ4v) is 1.20. The molecule has 0 aromatic carbocycles. The average Bonchev–Trinajstić information content (AvgIpc) is 2.55. The van der Waals surface area contributed by atoms with Crippen molar-refractivity contribution in [2.45, 2.75) is 39.8 Å². The van der Waals surface area contributed by atoms with Crippen molar-refractivity contribution in [1.29, 1.82) is 0 Å². The van der Waals surface area contributed by atoms with Gasteiger partial charge in [-0.3, -0.25) is 0 Å². The van der Waals surface area contributed by atoms with Crippen molar-refractivity contribution < 1.29 is 4.42 Å². The molecule has 0 radical (unpaired) electrons. The molecule has 74 valence electrons. The molecule has 0 aliphatic rings. The van der Waals surface area contributed by atoms with Crippen molar-refractivity contribution in [2.75, 3.05) is 0 Å². The highest BCUT2D eigenvalue weighted by atomic mass is 16.3. The molecule has 0 aliphatic heterocycles. The molecule has 0 fully saturated rings.